The molecule has 0 aliphatic heterocycles. The Morgan fingerprint density at radius 3 is 2.62 bits per heavy atom. The Hall–Kier alpha value is -1.93. The van der Waals surface area contributed by atoms with Gasteiger partial charge in [-0.3, -0.25) is 4.79 Å². The van der Waals surface area contributed by atoms with E-state index in [9.17, 15) is 14.2 Å². The van der Waals surface area contributed by atoms with Crippen molar-refractivity contribution in [2.24, 2.45) is 11.8 Å². The Labute approximate surface area is 208 Å². The van der Waals surface area contributed by atoms with Crippen molar-refractivity contribution in [2.75, 3.05) is 33.4 Å². The van der Waals surface area contributed by atoms with Crippen molar-refractivity contribution in [1.29, 1.82) is 0 Å². The van der Waals surface area contributed by atoms with Crippen LogP contribution in [0.4, 0.5) is 4.39 Å². The summed E-state index contributed by atoms with van der Waals surface area (Å²) in [6.45, 7) is 5.36. The number of hydrogen-bond donors (Lipinski definition) is 2. The summed E-state index contributed by atoms with van der Waals surface area (Å²) < 4.78 is 24.6. The molecule has 2 rings (SSSR count). The quantitative estimate of drug-likeness (QED) is 0.206. The minimum atomic E-state index is -0.484. The van der Waals surface area contributed by atoms with Gasteiger partial charge in [0.1, 0.15) is 5.82 Å². The standard InChI is InChI=1S/C26H36BClFNO4/c1-4-34-26(31)22(18-30-12-5-13-33-3)15-20(17-27(2)32)14-19-6-8-21(9-7-19)24-16-23(28)10-11-25(24)29/h6-11,16,20,22,30,32H,4-5,12-15,17-18H2,1-3H3/t20-,22+/m1/s1. The molecule has 0 spiro atoms. The van der Waals surface area contributed by atoms with Gasteiger partial charge < -0.3 is 19.8 Å². The highest BCUT2D eigenvalue weighted by atomic mass is 35.5. The molecule has 0 saturated heterocycles. The van der Waals surface area contributed by atoms with E-state index in [0.717, 1.165) is 24.1 Å². The molecule has 0 aliphatic carbocycles. The summed E-state index contributed by atoms with van der Waals surface area (Å²) in [5.41, 5.74) is 2.27. The Balaban J connectivity index is 2.10. The van der Waals surface area contributed by atoms with E-state index in [1.165, 1.54) is 12.1 Å². The van der Waals surface area contributed by atoms with Gasteiger partial charge in [-0.15, -0.1) is 0 Å². The summed E-state index contributed by atoms with van der Waals surface area (Å²) in [4.78, 5) is 12.6. The van der Waals surface area contributed by atoms with Crippen molar-refractivity contribution in [3.05, 3.63) is 58.9 Å². The molecule has 0 heterocycles. The van der Waals surface area contributed by atoms with E-state index in [-0.39, 0.29) is 23.6 Å². The Kier molecular flexibility index (Phi) is 12.6. The van der Waals surface area contributed by atoms with E-state index in [1.807, 2.05) is 24.3 Å². The predicted molar refractivity (Wildman–Crippen MR) is 137 cm³/mol. The summed E-state index contributed by atoms with van der Waals surface area (Å²) >= 11 is 6.03. The largest absolute Gasteiger partial charge is 0.466 e. The van der Waals surface area contributed by atoms with Crippen molar-refractivity contribution < 1.29 is 23.7 Å². The topological polar surface area (TPSA) is 67.8 Å². The van der Waals surface area contributed by atoms with E-state index in [4.69, 9.17) is 21.1 Å². The van der Waals surface area contributed by atoms with Crippen LogP contribution in [0.25, 0.3) is 11.1 Å². The molecular formula is C26H36BClFNO4. The summed E-state index contributed by atoms with van der Waals surface area (Å²) in [6.07, 6.45) is 2.74. The monoisotopic (exact) mass is 491 g/mol. The molecule has 2 N–H and O–H groups in total. The van der Waals surface area contributed by atoms with Gasteiger partial charge in [-0.25, -0.2) is 4.39 Å². The van der Waals surface area contributed by atoms with Gasteiger partial charge in [0.15, 0.2) is 0 Å². The van der Waals surface area contributed by atoms with E-state index >= 15 is 0 Å². The van der Waals surface area contributed by atoms with Crippen LogP contribution in [-0.2, 0) is 20.7 Å². The first-order valence-corrected chi connectivity index (χ1v) is 12.3. The number of benzene rings is 2. The number of rotatable bonds is 15. The summed E-state index contributed by atoms with van der Waals surface area (Å²) in [5.74, 6) is -0.751. The van der Waals surface area contributed by atoms with Crippen LogP contribution < -0.4 is 5.32 Å². The minimum absolute atomic E-state index is 0.0870. The fraction of sp³-hybridized carbons (Fsp3) is 0.500. The van der Waals surface area contributed by atoms with Crippen LogP contribution in [0.2, 0.25) is 18.2 Å². The third kappa shape index (κ3) is 9.75. The van der Waals surface area contributed by atoms with Crippen LogP contribution in [-0.4, -0.2) is 51.3 Å². The number of ether oxygens (including phenoxy) is 2. The predicted octanol–water partition coefficient (Wildman–Crippen LogP) is 5.11. The maximum atomic E-state index is 14.2. The first kappa shape index (κ1) is 28.3. The van der Waals surface area contributed by atoms with Gasteiger partial charge in [0.2, 0.25) is 0 Å². The molecule has 2 atom stereocenters. The molecule has 0 aromatic heterocycles. The molecule has 186 valence electrons. The Morgan fingerprint density at radius 1 is 1.24 bits per heavy atom. The lowest BCUT2D eigenvalue weighted by Crippen LogP contribution is -2.33. The molecule has 0 fully saturated rings. The van der Waals surface area contributed by atoms with Gasteiger partial charge >= 0.3 is 5.97 Å². The average molecular weight is 492 g/mol. The molecule has 0 amide bonds. The van der Waals surface area contributed by atoms with E-state index in [2.05, 4.69) is 5.32 Å². The molecular weight excluding hydrogens is 456 g/mol. The zero-order chi connectivity index (χ0) is 24.9. The van der Waals surface area contributed by atoms with Crippen LogP contribution in [0.15, 0.2) is 42.5 Å². The maximum Gasteiger partial charge on any atom is 0.310 e. The van der Waals surface area contributed by atoms with Gasteiger partial charge in [-0.05, 0) is 74.3 Å². The lowest BCUT2D eigenvalue weighted by atomic mass is 9.62. The third-order valence-electron chi connectivity index (χ3n) is 5.72. The highest BCUT2D eigenvalue weighted by Gasteiger charge is 2.26. The van der Waals surface area contributed by atoms with E-state index < -0.39 is 6.92 Å². The normalized spacial score (nSPS) is 12.9. The van der Waals surface area contributed by atoms with E-state index in [1.54, 1.807) is 26.9 Å². The first-order valence-electron chi connectivity index (χ1n) is 11.9. The summed E-state index contributed by atoms with van der Waals surface area (Å²) in [7, 11) is 1.67. The van der Waals surface area contributed by atoms with Crippen molar-refractivity contribution in [3.63, 3.8) is 0 Å². The second kappa shape index (κ2) is 15.1. The highest BCUT2D eigenvalue weighted by Crippen LogP contribution is 2.28. The fourth-order valence-corrected chi connectivity index (χ4v) is 4.33. The number of methoxy groups -OCH3 is 1. The third-order valence-corrected chi connectivity index (χ3v) is 5.96. The number of hydrogen-bond acceptors (Lipinski definition) is 5. The number of nitrogens with one attached hydrogen (secondary N) is 1. The van der Waals surface area contributed by atoms with Gasteiger partial charge in [0.25, 0.3) is 6.92 Å². The molecule has 2 aromatic rings. The highest BCUT2D eigenvalue weighted by molar-refractivity contribution is 6.48. The SMILES string of the molecule is CCOC(=O)[C@H](CNCCCOC)C[C@H](CB(C)O)Cc1ccc(-c2cc(Cl)ccc2F)cc1. The molecule has 0 unspecified atom stereocenters. The second-order valence-corrected chi connectivity index (χ2v) is 9.15. The maximum absolute atomic E-state index is 14.2. The van der Waals surface area contributed by atoms with Crippen molar-refractivity contribution in [3.8, 4) is 11.1 Å². The van der Waals surface area contributed by atoms with Gasteiger partial charge in [0, 0.05) is 30.8 Å². The Bertz CT molecular complexity index is 882. The van der Waals surface area contributed by atoms with Gasteiger partial charge in [0.05, 0.1) is 12.5 Å². The number of carbonyl (C=O) groups excluding carboxylic acids is 1. The second-order valence-electron chi connectivity index (χ2n) is 8.71. The Morgan fingerprint density at radius 2 is 1.97 bits per heavy atom. The zero-order valence-corrected chi connectivity index (χ0v) is 21.1. The minimum Gasteiger partial charge on any atom is -0.466 e. The number of esters is 1. The first-order chi connectivity index (χ1) is 16.3. The van der Waals surface area contributed by atoms with Crippen molar-refractivity contribution >= 4 is 24.5 Å². The van der Waals surface area contributed by atoms with Crippen LogP contribution in [0.1, 0.15) is 25.3 Å². The smallest absolute Gasteiger partial charge is 0.310 e. The van der Waals surface area contributed by atoms with E-state index in [0.29, 0.717) is 49.5 Å². The lowest BCUT2D eigenvalue weighted by Gasteiger charge is -2.23. The molecule has 0 aliphatic rings. The van der Waals surface area contributed by atoms with Crippen molar-refractivity contribution in [1.82, 2.24) is 5.32 Å². The van der Waals surface area contributed by atoms with Crippen molar-refractivity contribution in [2.45, 2.75) is 39.3 Å². The summed E-state index contributed by atoms with van der Waals surface area (Å²) in [6, 6.07) is 12.2. The summed E-state index contributed by atoms with van der Waals surface area (Å²) in [5, 5.41) is 13.9. The average Bonchev–Trinajstić information content (AvgIpc) is 2.80. The molecule has 34 heavy (non-hydrogen) atoms. The molecule has 0 bridgehead atoms. The van der Waals surface area contributed by atoms with Gasteiger partial charge in [-0.1, -0.05) is 42.7 Å². The van der Waals surface area contributed by atoms with Gasteiger partial charge in [-0.2, -0.15) is 0 Å². The van der Waals surface area contributed by atoms with Crippen LogP contribution in [0.3, 0.4) is 0 Å². The molecule has 5 nitrogen and oxygen atoms in total. The molecule has 8 heteroatoms. The lowest BCUT2D eigenvalue weighted by molar-refractivity contribution is -0.148. The zero-order valence-electron chi connectivity index (χ0n) is 20.4. The van der Waals surface area contributed by atoms with Crippen LogP contribution >= 0.6 is 11.6 Å². The van der Waals surface area contributed by atoms with Crippen LogP contribution in [0.5, 0.6) is 0 Å². The fourth-order valence-electron chi connectivity index (χ4n) is 4.16. The molecule has 0 radical (unpaired) electrons. The number of halogens is 2. The molecule has 2 aromatic carbocycles. The molecule has 0 saturated carbocycles. The van der Waals surface area contributed by atoms with Crippen LogP contribution in [0, 0.1) is 17.7 Å². The number of carbonyl (C=O) groups is 1.